The number of benzene rings is 1. The van der Waals surface area contributed by atoms with Gasteiger partial charge in [0, 0.05) is 35.8 Å². The normalized spacial score (nSPS) is 12.8. The largest absolute Gasteiger partial charge is 0.338 e. The number of rotatable bonds is 3. The quantitative estimate of drug-likeness (QED) is 0.766. The molecule has 2 aromatic rings. The molecule has 2 N–H and O–H groups in total. The van der Waals surface area contributed by atoms with E-state index in [0.29, 0.717) is 23.4 Å². The molecule has 2 amide bonds. The van der Waals surface area contributed by atoms with Gasteiger partial charge in [-0.25, -0.2) is 4.79 Å². The minimum absolute atomic E-state index is 0.0272. The van der Waals surface area contributed by atoms with Crippen molar-refractivity contribution < 1.29 is 9.59 Å². The van der Waals surface area contributed by atoms with Gasteiger partial charge in [-0.05, 0) is 24.6 Å². The minimum atomic E-state index is -0.262. The van der Waals surface area contributed by atoms with Crippen molar-refractivity contribution in [3.05, 3.63) is 35.0 Å². The van der Waals surface area contributed by atoms with Crippen LogP contribution in [0.5, 0.6) is 0 Å². The maximum atomic E-state index is 13.0. The summed E-state index contributed by atoms with van der Waals surface area (Å²) in [5.41, 5.74) is 4.21. The van der Waals surface area contributed by atoms with E-state index in [4.69, 9.17) is 0 Å². The number of aryl methyl sites for hydroxylation is 1. The Morgan fingerprint density at radius 1 is 1.24 bits per heavy atom. The van der Waals surface area contributed by atoms with Crippen molar-refractivity contribution in [2.45, 2.75) is 39.5 Å². The number of carbonyl (C=O) groups is 2. The third-order valence-electron chi connectivity index (χ3n) is 4.30. The van der Waals surface area contributed by atoms with Crippen LogP contribution >= 0.6 is 0 Å². The van der Waals surface area contributed by atoms with E-state index >= 15 is 0 Å². The van der Waals surface area contributed by atoms with Crippen LogP contribution in [-0.4, -0.2) is 28.1 Å². The van der Waals surface area contributed by atoms with Crippen LogP contribution < -0.4 is 10.6 Å². The number of nitrogens with zero attached hydrogens (tertiary/aromatic N) is 2. The Hall–Kier alpha value is -2.63. The summed E-state index contributed by atoms with van der Waals surface area (Å²) in [5, 5.41) is 10.1. The first-order chi connectivity index (χ1) is 11.7. The fraction of sp³-hybridized carbons (Fsp3) is 0.421. The Morgan fingerprint density at radius 3 is 2.60 bits per heavy atom. The molecule has 0 radical (unpaired) electrons. The highest BCUT2D eigenvalue weighted by Gasteiger charge is 2.37. The van der Waals surface area contributed by atoms with Gasteiger partial charge in [0.05, 0.1) is 17.0 Å². The Balaban J connectivity index is 1.98. The van der Waals surface area contributed by atoms with Crippen LogP contribution in [0.25, 0.3) is 11.3 Å². The molecular formula is C19H24N4O2. The fourth-order valence-corrected chi connectivity index (χ4v) is 3.14. The van der Waals surface area contributed by atoms with E-state index in [0.717, 1.165) is 23.4 Å². The number of ketones is 1. The van der Waals surface area contributed by atoms with Gasteiger partial charge >= 0.3 is 6.03 Å². The van der Waals surface area contributed by atoms with E-state index in [9.17, 15) is 9.59 Å². The Labute approximate surface area is 147 Å². The number of nitrogens with one attached hydrogen (secondary N) is 2. The van der Waals surface area contributed by atoms with Crippen LogP contribution in [0.3, 0.4) is 0 Å². The molecule has 132 valence electrons. The van der Waals surface area contributed by atoms with Gasteiger partial charge in [-0.1, -0.05) is 27.7 Å². The van der Waals surface area contributed by atoms with E-state index < -0.39 is 0 Å². The molecule has 25 heavy (non-hydrogen) atoms. The number of urea groups is 1. The standard InChI is InChI=1S/C19H24N4O2/c1-6-9-20-18(25)21-11-7-8-12-13(10-11)16(24)14-15(12)23(5)22-17(14)19(2,3)4/h7-8,10H,6,9H2,1-5H3,(H2,20,21,25). The molecule has 0 saturated carbocycles. The maximum absolute atomic E-state index is 13.0. The summed E-state index contributed by atoms with van der Waals surface area (Å²) in [7, 11) is 1.86. The number of amides is 2. The van der Waals surface area contributed by atoms with Crippen LogP contribution in [0, 0.1) is 0 Å². The number of carbonyl (C=O) groups excluding carboxylic acids is 2. The number of hydrogen-bond donors (Lipinski definition) is 2. The van der Waals surface area contributed by atoms with Crippen LogP contribution in [0.15, 0.2) is 18.2 Å². The second-order valence-electron chi connectivity index (χ2n) is 7.42. The van der Waals surface area contributed by atoms with Gasteiger partial charge in [0.25, 0.3) is 0 Å². The molecular weight excluding hydrogens is 316 g/mol. The Kier molecular flexibility index (Phi) is 4.14. The van der Waals surface area contributed by atoms with Gasteiger partial charge in [-0.2, -0.15) is 5.10 Å². The zero-order chi connectivity index (χ0) is 18.4. The summed E-state index contributed by atoms with van der Waals surface area (Å²) in [4.78, 5) is 24.8. The number of hydrogen-bond acceptors (Lipinski definition) is 3. The molecule has 1 aliphatic carbocycles. The third-order valence-corrected chi connectivity index (χ3v) is 4.30. The highest BCUT2D eigenvalue weighted by atomic mass is 16.2. The van der Waals surface area contributed by atoms with Gasteiger partial charge in [-0.15, -0.1) is 0 Å². The molecule has 0 saturated heterocycles. The molecule has 1 aromatic carbocycles. The van der Waals surface area contributed by atoms with E-state index in [2.05, 4.69) is 36.5 Å². The minimum Gasteiger partial charge on any atom is -0.338 e. The van der Waals surface area contributed by atoms with Crippen molar-refractivity contribution in [3.8, 4) is 11.3 Å². The predicted molar refractivity (Wildman–Crippen MR) is 98.1 cm³/mol. The molecule has 1 aliphatic rings. The second-order valence-corrected chi connectivity index (χ2v) is 7.42. The Morgan fingerprint density at radius 2 is 1.96 bits per heavy atom. The van der Waals surface area contributed by atoms with Gasteiger partial charge in [0.2, 0.25) is 0 Å². The van der Waals surface area contributed by atoms with Gasteiger partial charge in [0.15, 0.2) is 5.78 Å². The zero-order valence-electron chi connectivity index (χ0n) is 15.4. The zero-order valence-corrected chi connectivity index (χ0v) is 15.4. The third kappa shape index (κ3) is 2.92. The average Bonchev–Trinajstić information content (AvgIpc) is 3.02. The lowest BCUT2D eigenvalue weighted by molar-refractivity contribution is 0.104. The van der Waals surface area contributed by atoms with Crippen molar-refractivity contribution in [2.75, 3.05) is 11.9 Å². The summed E-state index contributed by atoms with van der Waals surface area (Å²) >= 11 is 0. The molecule has 6 heteroatoms. The molecule has 3 rings (SSSR count). The second kappa shape index (κ2) is 6.02. The fourth-order valence-electron chi connectivity index (χ4n) is 3.14. The molecule has 1 heterocycles. The number of aromatic nitrogens is 2. The highest BCUT2D eigenvalue weighted by Crippen LogP contribution is 2.42. The lowest BCUT2D eigenvalue weighted by Gasteiger charge is -2.16. The molecule has 0 bridgehead atoms. The summed E-state index contributed by atoms with van der Waals surface area (Å²) in [5.74, 6) is -0.0272. The van der Waals surface area contributed by atoms with Crippen LogP contribution in [0.4, 0.5) is 10.5 Å². The van der Waals surface area contributed by atoms with Crippen molar-refractivity contribution in [1.82, 2.24) is 15.1 Å². The average molecular weight is 340 g/mol. The summed E-state index contributed by atoms with van der Waals surface area (Å²) in [6.07, 6.45) is 0.869. The topological polar surface area (TPSA) is 76.0 Å². The molecule has 0 atom stereocenters. The first-order valence-electron chi connectivity index (χ1n) is 8.55. The monoisotopic (exact) mass is 340 g/mol. The van der Waals surface area contributed by atoms with Gasteiger partial charge < -0.3 is 10.6 Å². The molecule has 1 aromatic heterocycles. The van der Waals surface area contributed by atoms with Crippen LogP contribution in [0.2, 0.25) is 0 Å². The van der Waals surface area contributed by atoms with Gasteiger partial charge in [-0.3, -0.25) is 9.48 Å². The Bertz CT molecular complexity index is 859. The van der Waals surface area contributed by atoms with Crippen molar-refractivity contribution >= 4 is 17.5 Å². The van der Waals surface area contributed by atoms with E-state index in [1.807, 2.05) is 26.1 Å². The summed E-state index contributed by atoms with van der Waals surface area (Å²) in [6, 6.07) is 5.18. The summed E-state index contributed by atoms with van der Waals surface area (Å²) < 4.78 is 1.78. The van der Waals surface area contributed by atoms with E-state index in [1.165, 1.54) is 0 Å². The predicted octanol–water partition coefficient (Wildman–Crippen LogP) is 3.46. The highest BCUT2D eigenvalue weighted by molar-refractivity contribution is 6.22. The van der Waals surface area contributed by atoms with Crippen LogP contribution in [0.1, 0.15) is 55.7 Å². The molecule has 6 nitrogen and oxygen atoms in total. The summed E-state index contributed by atoms with van der Waals surface area (Å²) in [6.45, 7) is 8.76. The van der Waals surface area contributed by atoms with Crippen molar-refractivity contribution in [1.29, 1.82) is 0 Å². The van der Waals surface area contributed by atoms with Crippen LogP contribution in [-0.2, 0) is 12.5 Å². The van der Waals surface area contributed by atoms with E-state index in [1.54, 1.807) is 10.7 Å². The first-order valence-corrected chi connectivity index (χ1v) is 8.55. The van der Waals surface area contributed by atoms with Gasteiger partial charge in [0.1, 0.15) is 0 Å². The lowest BCUT2D eigenvalue weighted by atomic mass is 9.88. The van der Waals surface area contributed by atoms with Crippen molar-refractivity contribution in [3.63, 3.8) is 0 Å². The van der Waals surface area contributed by atoms with E-state index in [-0.39, 0.29) is 17.2 Å². The molecule has 0 fully saturated rings. The smallest absolute Gasteiger partial charge is 0.319 e. The van der Waals surface area contributed by atoms with Crippen molar-refractivity contribution in [2.24, 2.45) is 7.05 Å². The first kappa shape index (κ1) is 17.2. The number of fused-ring (bicyclic) bond motifs is 3. The molecule has 0 aliphatic heterocycles. The maximum Gasteiger partial charge on any atom is 0.319 e. The SMILES string of the molecule is CCCNC(=O)Nc1ccc2c(c1)C(=O)c1c(C(C)(C)C)nn(C)c1-2. The number of anilines is 1. The lowest BCUT2D eigenvalue weighted by Crippen LogP contribution is -2.29. The molecule has 0 unspecified atom stereocenters. The molecule has 0 spiro atoms.